The molecule has 8 nitrogen and oxygen atoms in total. The number of benzene rings is 1. The normalized spacial score (nSPS) is 20.2. The number of aromatic amines is 1. The summed E-state index contributed by atoms with van der Waals surface area (Å²) in [6, 6.07) is 5.58. The van der Waals surface area contributed by atoms with Crippen molar-refractivity contribution in [2.75, 3.05) is 36.4 Å². The van der Waals surface area contributed by atoms with Gasteiger partial charge in [0.15, 0.2) is 12.4 Å². The lowest BCUT2D eigenvalue weighted by Gasteiger charge is -2.32. The minimum atomic E-state index is -4.72. The summed E-state index contributed by atoms with van der Waals surface area (Å²) in [7, 11) is 0. The van der Waals surface area contributed by atoms with Gasteiger partial charge in [-0.3, -0.25) is 0 Å². The quantitative estimate of drug-likeness (QED) is 0.493. The Kier molecular flexibility index (Phi) is 6.61. The zero-order valence-corrected chi connectivity index (χ0v) is 20.8. The number of ether oxygens (including phenoxy) is 1. The number of hydrogen-bond donors (Lipinski definition) is 2. The van der Waals surface area contributed by atoms with Crippen molar-refractivity contribution in [2.45, 2.75) is 43.9 Å². The second-order valence-corrected chi connectivity index (χ2v) is 9.84. The Morgan fingerprint density at radius 1 is 1.05 bits per heavy atom. The SMILES string of the molecule is FC(F)(F)Oc1ccc(NC2=CC(c3nc(N4CCNCC4)c4c(C5CCC5)c[nH+]cc4n3)CC=N2)cc1. The molecule has 2 aromatic heterocycles. The summed E-state index contributed by atoms with van der Waals surface area (Å²) in [6.45, 7) is 3.60. The minimum absolute atomic E-state index is 0.0961. The van der Waals surface area contributed by atoms with Gasteiger partial charge in [-0.25, -0.2) is 19.9 Å². The number of nitrogens with zero attached hydrogens (tertiary/aromatic N) is 4. The molecule has 1 atom stereocenters. The fraction of sp³-hybridized carbons (Fsp3) is 0.407. The molecular formula is C27H29F3N7O+. The lowest BCUT2D eigenvalue weighted by Crippen LogP contribution is -2.44. The lowest BCUT2D eigenvalue weighted by atomic mass is 9.79. The van der Waals surface area contributed by atoms with Crippen molar-refractivity contribution < 1.29 is 22.9 Å². The van der Waals surface area contributed by atoms with Crippen molar-refractivity contribution in [1.82, 2.24) is 15.3 Å². The van der Waals surface area contributed by atoms with Crippen molar-refractivity contribution in [3.05, 3.63) is 59.9 Å². The second-order valence-electron chi connectivity index (χ2n) is 9.84. The summed E-state index contributed by atoms with van der Waals surface area (Å²) in [5, 5.41) is 7.74. The average Bonchev–Trinajstić information content (AvgIpc) is 2.88. The third kappa shape index (κ3) is 5.28. The number of aliphatic imine (C=N–C) groups is 1. The van der Waals surface area contributed by atoms with Crippen molar-refractivity contribution in [3.63, 3.8) is 0 Å². The molecule has 0 radical (unpaired) electrons. The first-order valence-corrected chi connectivity index (χ1v) is 13.0. The van der Waals surface area contributed by atoms with Crippen molar-refractivity contribution in [3.8, 4) is 5.75 Å². The molecule has 1 saturated heterocycles. The van der Waals surface area contributed by atoms with Gasteiger partial charge in [0, 0.05) is 49.6 Å². The van der Waals surface area contributed by atoms with Gasteiger partial charge in [-0.15, -0.1) is 13.2 Å². The van der Waals surface area contributed by atoms with Crippen LogP contribution in [0.1, 0.15) is 48.9 Å². The molecule has 0 spiro atoms. The molecule has 3 N–H and O–H groups in total. The molecular weight excluding hydrogens is 495 g/mol. The molecule has 1 aromatic carbocycles. The molecule has 0 bridgehead atoms. The molecule has 1 saturated carbocycles. The standard InChI is InChI=1S/C27H28F3N7O/c28-27(29,30)38-20-6-4-19(5-7-20)34-23-14-18(8-9-33-23)25-35-22-16-32-15-21(17-2-1-3-17)24(22)26(36-25)37-12-10-31-11-13-37/h4-7,9,14-18,31,34H,1-3,8,10-13H2/p+1. The van der Waals surface area contributed by atoms with Crippen LogP contribution >= 0.6 is 0 Å². The number of fused-ring (bicyclic) bond motifs is 1. The highest BCUT2D eigenvalue weighted by Crippen LogP contribution is 2.41. The Balaban J connectivity index is 1.30. The summed E-state index contributed by atoms with van der Waals surface area (Å²) in [4.78, 5) is 20.3. The summed E-state index contributed by atoms with van der Waals surface area (Å²) in [5.74, 6) is 2.48. The Morgan fingerprint density at radius 2 is 1.84 bits per heavy atom. The van der Waals surface area contributed by atoms with Crippen LogP contribution in [0.3, 0.4) is 0 Å². The van der Waals surface area contributed by atoms with Crippen LogP contribution in [0.15, 0.2) is 53.5 Å². The van der Waals surface area contributed by atoms with Gasteiger partial charge in [0.05, 0.1) is 5.39 Å². The fourth-order valence-electron chi connectivity index (χ4n) is 5.17. The molecule has 0 amide bonds. The first kappa shape index (κ1) is 24.6. The molecule has 2 aliphatic heterocycles. The van der Waals surface area contributed by atoms with Crippen LogP contribution in [0, 0.1) is 0 Å². The number of anilines is 2. The Bertz CT molecular complexity index is 1360. The predicted octanol–water partition coefficient (Wildman–Crippen LogP) is 4.53. The molecule has 3 aromatic rings. The molecule has 1 aliphatic carbocycles. The van der Waals surface area contributed by atoms with Gasteiger partial charge in [-0.1, -0.05) is 6.42 Å². The topological polar surface area (TPSA) is 88.8 Å². The van der Waals surface area contributed by atoms with Gasteiger partial charge < -0.3 is 20.3 Å². The predicted molar refractivity (Wildman–Crippen MR) is 138 cm³/mol. The molecule has 1 unspecified atom stereocenters. The van der Waals surface area contributed by atoms with Crippen LogP contribution in [0.4, 0.5) is 24.7 Å². The van der Waals surface area contributed by atoms with Crippen LogP contribution in [-0.4, -0.2) is 48.7 Å². The number of halogens is 3. The van der Waals surface area contributed by atoms with Crippen LogP contribution in [0.5, 0.6) is 5.75 Å². The van der Waals surface area contributed by atoms with E-state index < -0.39 is 6.36 Å². The Hall–Kier alpha value is -3.73. The van der Waals surface area contributed by atoms with Crippen molar-refractivity contribution >= 4 is 28.6 Å². The highest BCUT2D eigenvalue weighted by atomic mass is 19.4. The number of nitrogens with one attached hydrogen (secondary N) is 3. The molecule has 198 valence electrons. The number of pyridine rings is 1. The van der Waals surface area contributed by atoms with Gasteiger partial charge in [-0.2, -0.15) is 0 Å². The molecule has 38 heavy (non-hydrogen) atoms. The van der Waals surface area contributed by atoms with Gasteiger partial charge >= 0.3 is 6.36 Å². The van der Waals surface area contributed by atoms with E-state index in [0.29, 0.717) is 23.8 Å². The number of rotatable bonds is 6. The van der Waals surface area contributed by atoms with Crippen molar-refractivity contribution in [1.29, 1.82) is 0 Å². The summed E-state index contributed by atoms with van der Waals surface area (Å²) < 4.78 is 41.3. The van der Waals surface area contributed by atoms with Gasteiger partial charge in [0.1, 0.15) is 28.7 Å². The largest absolute Gasteiger partial charge is 0.573 e. The first-order valence-electron chi connectivity index (χ1n) is 13.0. The average molecular weight is 525 g/mol. The minimum Gasteiger partial charge on any atom is -0.406 e. The van der Waals surface area contributed by atoms with E-state index in [-0.39, 0.29) is 11.7 Å². The van der Waals surface area contributed by atoms with Crippen molar-refractivity contribution in [2.24, 2.45) is 4.99 Å². The van der Waals surface area contributed by atoms with Gasteiger partial charge in [0.2, 0.25) is 0 Å². The summed E-state index contributed by atoms with van der Waals surface area (Å²) in [5.41, 5.74) is 2.82. The summed E-state index contributed by atoms with van der Waals surface area (Å²) >= 11 is 0. The maximum Gasteiger partial charge on any atom is 0.573 e. The highest BCUT2D eigenvalue weighted by Gasteiger charge is 2.31. The molecule has 4 heterocycles. The molecule has 2 fully saturated rings. The van der Waals surface area contributed by atoms with E-state index in [1.807, 2.05) is 18.5 Å². The van der Waals surface area contributed by atoms with Gasteiger partial charge in [0.25, 0.3) is 0 Å². The highest BCUT2D eigenvalue weighted by molar-refractivity contribution is 5.92. The number of allylic oxidation sites excluding steroid dienone is 1. The number of aromatic nitrogens is 3. The zero-order chi connectivity index (χ0) is 26.1. The Labute approximate surface area is 218 Å². The van der Waals surface area contributed by atoms with Crippen LogP contribution in [-0.2, 0) is 0 Å². The van der Waals surface area contributed by atoms with Crippen LogP contribution in [0.2, 0.25) is 0 Å². The smallest absolute Gasteiger partial charge is 0.406 e. The molecule has 6 rings (SSSR count). The number of H-pyrrole nitrogens is 1. The number of hydrogen-bond acceptors (Lipinski definition) is 7. The van der Waals surface area contributed by atoms with E-state index >= 15 is 0 Å². The van der Waals surface area contributed by atoms with E-state index in [2.05, 4.69) is 36.4 Å². The summed E-state index contributed by atoms with van der Waals surface area (Å²) in [6.07, 6.45) is 7.43. The molecule has 3 aliphatic rings. The molecule has 11 heteroatoms. The maximum absolute atomic E-state index is 12.5. The maximum atomic E-state index is 12.5. The number of alkyl halides is 3. The van der Waals surface area contributed by atoms with E-state index in [0.717, 1.165) is 48.7 Å². The third-order valence-electron chi connectivity index (χ3n) is 7.29. The number of piperazine rings is 1. The second kappa shape index (κ2) is 10.2. The van der Waals surface area contributed by atoms with E-state index in [9.17, 15) is 13.2 Å². The van der Waals surface area contributed by atoms with Gasteiger partial charge in [-0.05, 0) is 55.5 Å². The van der Waals surface area contributed by atoms with E-state index in [1.54, 1.807) is 0 Å². The fourth-order valence-corrected chi connectivity index (χ4v) is 5.17. The monoisotopic (exact) mass is 524 g/mol. The third-order valence-corrected chi connectivity index (χ3v) is 7.29. The zero-order valence-electron chi connectivity index (χ0n) is 20.8. The van der Waals surface area contributed by atoms with E-state index in [4.69, 9.17) is 9.97 Å². The first-order chi connectivity index (χ1) is 18.4. The van der Waals surface area contributed by atoms with Crippen LogP contribution < -0.4 is 25.3 Å². The van der Waals surface area contributed by atoms with E-state index in [1.165, 1.54) is 49.1 Å². The van der Waals surface area contributed by atoms with Crippen LogP contribution in [0.25, 0.3) is 10.9 Å². The Morgan fingerprint density at radius 3 is 2.55 bits per heavy atom. The lowest BCUT2D eigenvalue weighted by molar-refractivity contribution is -0.377.